The molecule has 1 N–H and O–H groups in total. The monoisotopic (exact) mass is 309 g/mol. The van der Waals surface area contributed by atoms with Crippen molar-refractivity contribution in [1.29, 1.82) is 0 Å². The predicted molar refractivity (Wildman–Crippen MR) is 92.4 cm³/mol. The number of aromatic nitrogens is 1. The van der Waals surface area contributed by atoms with Gasteiger partial charge in [0.1, 0.15) is 0 Å². The molecule has 1 atom stereocenters. The number of benzene rings is 1. The molecule has 0 unspecified atom stereocenters. The van der Waals surface area contributed by atoms with Crippen molar-refractivity contribution in [2.24, 2.45) is 0 Å². The first-order valence-corrected chi connectivity index (χ1v) is 8.20. The molecule has 1 fully saturated rings. The molecule has 1 aromatic carbocycles. The molecule has 2 aromatic rings. The summed E-state index contributed by atoms with van der Waals surface area (Å²) in [6.07, 6.45) is 2.64. The lowest BCUT2D eigenvalue weighted by atomic mass is 9.92. The van der Waals surface area contributed by atoms with Gasteiger partial charge in [-0.2, -0.15) is 0 Å². The minimum absolute atomic E-state index is 0.0729. The van der Waals surface area contributed by atoms with E-state index in [0.29, 0.717) is 5.92 Å². The number of carbonyl (C=O) groups is 1. The summed E-state index contributed by atoms with van der Waals surface area (Å²) in [5.74, 6) is 0.522. The number of anilines is 1. The Bertz CT molecular complexity index is 648. The quantitative estimate of drug-likeness (QED) is 0.922. The fourth-order valence-electron chi connectivity index (χ4n) is 3.04. The average molecular weight is 309 g/mol. The van der Waals surface area contributed by atoms with E-state index < -0.39 is 0 Å². The fraction of sp³-hybridized carbons (Fsp3) is 0.368. The zero-order valence-corrected chi connectivity index (χ0v) is 13.7. The minimum atomic E-state index is -0.0729. The van der Waals surface area contributed by atoms with Gasteiger partial charge in [0, 0.05) is 36.6 Å². The molecular weight excluding hydrogens is 286 g/mol. The van der Waals surface area contributed by atoms with E-state index in [1.807, 2.05) is 49.5 Å². The largest absolute Gasteiger partial charge is 0.325 e. The number of hydrogen-bond donors (Lipinski definition) is 1. The predicted octanol–water partition coefficient (Wildman–Crippen LogP) is 3.21. The fourth-order valence-corrected chi connectivity index (χ4v) is 3.04. The Balaban J connectivity index is 1.58. The molecule has 120 valence electrons. The molecule has 1 aliphatic rings. The van der Waals surface area contributed by atoms with Crippen LogP contribution in [0.5, 0.6) is 0 Å². The maximum absolute atomic E-state index is 12.5. The van der Waals surface area contributed by atoms with E-state index in [2.05, 4.69) is 28.2 Å². The Morgan fingerprint density at radius 1 is 1.26 bits per heavy atom. The van der Waals surface area contributed by atoms with Gasteiger partial charge in [0.05, 0.1) is 6.04 Å². The van der Waals surface area contributed by atoms with E-state index in [-0.39, 0.29) is 11.9 Å². The molecule has 1 saturated heterocycles. The second kappa shape index (κ2) is 6.92. The van der Waals surface area contributed by atoms with Gasteiger partial charge in [0.2, 0.25) is 5.91 Å². The maximum atomic E-state index is 12.5. The molecule has 0 bridgehead atoms. The molecule has 3 rings (SSSR count). The van der Waals surface area contributed by atoms with Gasteiger partial charge >= 0.3 is 0 Å². The molecule has 0 saturated carbocycles. The molecule has 4 heteroatoms. The summed E-state index contributed by atoms with van der Waals surface area (Å²) in [6.45, 7) is 5.90. The normalized spacial score (nSPS) is 16.6. The van der Waals surface area contributed by atoms with Gasteiger partial charge in [-0.15, -0.1) is 0 Å². The summed E-state index contributed by atoms with van der Waals surface area (Å²) in [7, 11) is 0. The van der Waals surface area contributed by atoms with Crippen molar-refractivity contribution in [3.05, 3.63) is 59.9 Å². The molecule has 0 spiro atoms. The van der Waals surface area contributed by atoms with Crippen LogP contribution in [-0.4, -0.2) is 34.9 Å². The van der Waals surface area contributed by atoms with E-state index in [1.54, 1.807) is 0 Å². The molecule has 4 nitrogen and oxygen atoms in total. The molecule has 0 aliphatic carbocycles. The SMILES string of the molecule is CC[C@H](C(=O)Nc1ccc(C)cc1)N1CC(c2ccccn2)C1. The Morgan fingerprint density at radius 2 is 2.00 bits per heavy atom. The van der Waals surface area contributed by atoms with Crippen molar-refractivity contribution >= 4 is 11.6 Å². The third kappa shape index (κ3) is 3.59. The first kappa shape index (κ1) is 15.7. The number of nitrogens with one attached hydrogen (secondary N) is 1. The third-order valence-corrected chi connectivity index (χ3v) is 4.47. The van der Waals surface area contributed by atoms with Crippen LogP contribution >= 0.6 is 0 Å². The minimum Gasteiger partial charge on any atom is -0.325 e. The van der Waals surface area contributed by atoms with Crippen LogP contribution in [0.1, 0.15) is 30.5 Å². The van der Waals surface area contributed by atoms with Gasteiger partial charge in [-0.05, 0) is 37.6 Å². The smallest absolute Gasteiger partial charge is 0.241 e. The van der Waals surface area contributed by atoms with Gasteiger partial charge in [0.25, 0.3) is 0 Å². The summed E-state index contributed by atoms with van der Waals surface area (Å²) >= 11 is 0. The van der Waals surface area contributed by atoms with E-state index in [9.17, 15) is 4.79 Å². The highest BCUT2D eigenvalue weighted by Crippen LogP contribution is 2.28. The van der Waals surface area contributed by atoms with Crippen LogP contribution in [0.4, 0.5) is 5.69 Å². The highest BCUT2D eigenvalue weighted by molar-refractivity contribution is 5.94. The summed E-state index contributed by atoms with van der Waals surface area (Å²) in [5, 5.41) is 3.03. The van der Waals surface area contributed by atoms with Crippen molar-refractivity contribution in [2.75, 3.05) is 18.4 Å². The van der Waals surface area contributed by atoms with Crippen LogP contribution in [0.15, 0.2) is 48.7 Å². The van der Waals surface area contributed by atoms with Crippen molar-refractivity contribution in [2.45, 2.75) is 32.2 Å². The lowest BCUT2D eigenvalue weighted by Gasteiger charge is -2.43. The lowest BCUT2D eigenvalue weighted by Crippen LogP contribution is -2.54. The first-order chi connectivity index (χ1) is 11.2. The van der Waals surface area contributed by atoms with Crippen LogP contribution < -0.4 is 5.32 Å². The van der Waals surface area contributed by atoms with Crippen molar-refractivity contribution in [3.63, 3.8) is 0 Å². The molecule has 2 heterocycles. The summed E-state index contributed by atoms with van der Waals surface area (Å²) in [4.78, 5) is 19.2. The number of amides is 1. The molecule has 0 radical (unpaired) electrons. The van der Waals surface area contributed by atoms with Crippen LogP contribution in [0.3, 0.4) is 0 Å². The second-order valence-corrected chi connectivity index (χ2v) is 6.18. The summed E-state index contributed by atoms with van der Waals surface area (Å²) in [6, 6.07) is 13.9. The van der Waals surface area contributed by atoms with Gasteiger partial charge in [-0.1, -0.05) is 30.7 Å². The topological polar surface area (TPSA) is 45.2 Å². The first-order valence-electron chi connectivity index (χ1n) is 8.20. The molecule has 1 amide bonds. The Kier molecular flexibility index (Phi) is 4.72. The number of nitrogens with zero attached hydrogens (tertiary/aromatic N) is 2. The number of aryl methyl sites for hydroxylation is 1. The van der Waals surface area contributed by atoms with Crippen LogP contribution in [-0.2, 0) is 4.79 Å². The van der Waals surface area contributed by atoms with E-state index in [1.165, 1.54) is 5.56 Å². The van der Waals surface area contributed by atoms with Crippen molar-refractivity contribution in [1.82, 2.24) is 9.88 Å². The Hall–Kier alpha value is -2.20. The highest BCUT2D eigenvalue weighted by Gasteiger charge is 2.36. The van der Waals surface area contributed by atoms with E-state index >= 15 is 0 Å². The zero-order chi connectivity index (χ0) is 16.2. The molecule has 1 aromatic heterocycles. The molecule has 1 aliphatic heterocycles. The highest BCUT2D eigenvalue weighted by atomic mass is 16.2. The lowest BCUT2D eigenvalue weighted by molar-refractivity contribution is -0.123. The van der Waals surface area contributed by atoms with Gasteiger partial charge in [-0.25, -0.2) is 0 Å². The second-order valence-electron chi connectivity index (χ2n) is 6.18. The maximum Gasteiger partial charge on any atom is 0.241 e. The standard InChI is InChI=1S/C19H23N3O/c1-3-18(19(23)21-16-9-7-14(2)8-10-16)22-12-15(13-22)17-6-4-5-11-20-17/h4-11,15,18H,3,12-13H2,1-2H3,(H,21,23)/t18-/m1/s1. The average Bonchev–Trinajstić information content (AvgIpc) is 2.53. The number of hydrogen-bond acceptors (Lipinski definition) is 3. The Morgan fingerprint density at radius 3 is 2.61 bits per heavy atom. The third-order valence-electron chi connectivity index (χ3n) is 4.47. The van der Waals surface area contributed by atoms with E-state index in [0.717, 1.165) is 30.9 Å². The number of pyridine rings is 1. The number of carbonyl (C=O) groups excluding carboxylic acids is 1. The molecule has 23 heavy (non-hydrogen) atoms. The van der Waals surface area contributed by atoms with Crippen LogP contribution in [0.25, 0.3) is 0 Å². The number of rotatable bonds is 5. The van der Waals surface area contributed by atoms with Crippen LogP contribution in [0, 0.1) is 6.92 Å². The van der Waals surface area contributed by atoms with Crippen molar-refractivity contribution in [3.8, 4) is 0 Å². The summed E-state index contributed by atoms with van der Waals surface area (Å²) in [5.41, 5.74) is 3.18. The Labute approximate surface area is 137 Å². The number of likely N-dealkylation sites (tertiary alicyclic amines) is 1. The van der Waals surface area contributed by atoms with Gasteiger partial charge < -0.3 is 5.32 Å². The van der Waals surface area contributed by atoms with Gasteiger partial charge in [-0.3, -0.25) is 14.7 Å². The van der Waals surface area contributed by atoms with Crippen molar-refractivity contribution < 1.29 is 4.79 Å². The van der Waals surface area contributed by atoms with Gasteiger partial charge in [0.15, 0.2) is 0 Å². The zero-order valence-electron chi connectivity index (χ0n) is 13.7. The van der Waals surface area contributed by atoms with E-state index in [4.69, 9.17) is 0 Å². The summed E-state index contributed by atoms with van der Waals surface area (Å²) < 4.78 is 0. The van der Waals surface area contributed by atoms with Crippen LogP contribution in [0.2, 0.25) is 0 Å². The molecular formula is C19H23N3O.